The molecule has 0 spiro atoms. The van der Waals surface area contributed by atoms with Crippen LogP contribution in [-0.4, -0.2) is 35.4 Å². The van der Waals surface area contributed by atoms with Gasteiger partial charge < -0.3 is 5.32 Å². The fourth-order valence-corrected chi connectivity index (χ4v) is 2.97. The van der Waals surface area contributed by atoms with Crippen molar-refractivity contribution in [3.63, 3.8) is 0 Å². The summed E-state index contributed by atoms with van der Waals surface area (Å²) in [5, 5.41) is 14.5. The summed E-state index contributed by atoms with van der Waals surface area (Å²) >= 11 is 0. The third-order valence-electron chi connectivity index (χ3n) is 4.35. The van der Waals surface area contributed by atoms with E-state index in [9.17, 15) is 9.18 Å². The van der Waals surface area contributed by atoms with E-state index in [0.717, 1.165) is 5.56 Å². The van der Waals surface area contributed by atoms with Crippen LogP contribution in [0.4, 0.5) is 10.1 Å². The predicted molar refractivity (Wildman–Crippen MR) is 105 cm³/mol. The van der Waals surface area contributed by atoms with Crippen LogP contribution in [0, 0.1) is 12.7 Å². The van der Waals surface area contributed by atoms with Gasteiger partial charge in [0.1, 0.15) is 24.3 Å². The van der Waals surface area contributed by atoms with Crippen LogP contribution in [0.3, 0.4) is 0 Å². The zero-order valence-electron chi connectivity index (χ0n) is 15.9. The molecule has 0 fully saturated rings. The summed E-state index contributed by atoms with van der Waals surface area (Å²) in [7, 11) is 0. The highest BCUT2D eigenvalue weighted by atomic mass is 19.1. The lowest BCUT2D eigenvalue weighted by molar-refractivity contribution is 0.102. The lowest BCUT2D eigenvalue weighted by Gasteiger charge is -2.12. The number of hydrogen-bond donors (Lipinski definition) is 1. The molecule has 1 N–H and O–H groups in total. The van der Waals surface area contributed by atoms with Crippen molar-refractivity contribution in [2.75, 3.05) is 5.32 Å². The first-order valence-corrected chi connectivity index (χ1v) is 9.00. The van der Waals surface area contributed by atoms with Gasteiger partial charge >= 0.3 is 0 Å². The van der Waals surface area contributed by atoms with Crippen LogP contribution in [0.1, 0.15) is 22.8 Å². The summed E-state index contributed by atoms with van der Waals surface area (Å²) in [6.07, 6.45) is 8.00. The highest BCUT2D eigenvalue weighted by Gasteiger charge is 2.15. The second kappa shape index (κ2) is 7.63. The first-order valence-electron chi connectivity index (χ1n) is 9.00. The topological polar surface area (TPSA) is 90.5 Å². The molecule has 0 aliphatic carbocycles. The molecule has 0 saturated heterocycles. The van der Waals surface area contributed by atoms with Gasteiger partial charge in [-0.1, -0.05) is 0 Å². The Labute approximate surface area is 166 Å². The van der Waals surface area contributed by atoms with Gasteiger partial charge in [0.25, 0.3) is 5.91 Å². The number of rotatable bonds is 5. The molecule has 0 bridgehead atoms. The van der Waals surface area contributed by atoms with Gasteiger partial charge in [-0.2, -0.15) is 5.10 Å². The fraction of sp³-hybridized carbons (Fsp3) is 0.150. The number of nitrogens with zero attached hydrogens (tertiary/aromatic N) is 6. The van der Waals surface area contributed by atoms with Crippen LogP contribution >= 0.6 is 0 Å². The van der Waals surface area contributed by atoms with Crippen molar-refractivity contribution in [3.8, 4) is 16.9 Å². The van der Waals surface area contributed by atoms with Gasteiger partial charge in [0.2, 0.25) is 0 Å². The van der Waals surface area contributed by atoms with Gasteiger partial charge in [-0.15, -0.1) is 10.2 Å². The molecular weight excluding hydrogens is 373 g/mol. The van der Waals surface area contributed by atoms with Crippen molar-refractivity contribution in [2.45, 2.75) is 20.4 Å². The van der Waals surface area contributed by atoms with Crippen LogP contribution in [0.5, 0.6) is 0 Å². The number of halogens is 1. The van der Waals surface area contributed by atoms with E-state index in [1.54, 1.807) is 33.9 Å². The van der Waals surface area contributed by atoms with Gasteiger partial charge in [0.05, 0.1) is 11.9 Å². The minimum Gasteiger partial charge on any atom is -0.319 e. The van der Waals surface area contributed by atoms with Gasteiger partial charge in [-0.05, 0) is 49.2 Å². The normalized spacial score (nSPS) is 10.9. The number of aryl methyl sites for hydroxylation is 2. The van der Waals surface area contributed by atoms with Crippen molar-refractivity contribution in [2.24, 2.45) is 0 Å². The summed E-state index contributed by atoms with van der Waals surface area (Å²) in [5.41, 5.74) is 2.83. The van der Waals surface area contributed by atoms with Gasteiger partial charge in [-0.3, -0.25) is 14.0 Å². The van der Waals surface area contributed by atoms with E-state index in [4.69, 9.17) is 0 Å². The van der Waals surface area contributed by atoms with Crippen molar-refractivity contribution in [1.82, 2.24) is 29.5 Å². The molecule has 3 heterocycles. The second-order valence-electron chi connectivity index (χ2n) is 6.52. The number of carbonyl (C=O) groups is 1. The number of nitrogens with one attached hydrogen (secondary N) is 1. The quantitative estimate of drug-likeness (QED) is 0.564. The molecule has 0 unspecified atom stereocenters. The summed E-state index contributed by atoms with van der Waals surface area (Å²) in [6.45, 7) is 4.53. The molecule has 4 aromatic rings. The van der Waals surface area contributed by atoms with Gasteiger partial charge in [0.15, 0.2) is 0 Å². The molecule has 4 rings (SSSR count). The number of benzene rings is 1. The molecular formula is C20H18FN7O. The molecule has 9 heteroatoms. The molecule has 1 aromatic carbocycles. The van der Waals surface area contributed by atoms with Crippen LogP contribution in [0.25, 0.3) is 16.9 Å². The Morgan fingerprint density at radius 2 is 1.93 bits per heavy atom. The van der Waals surface area contributed by atoms with Crippen LogP contribution < -0.4 is 5.32 Å². The molecule has 1 amide bonds. The Morgan fingerprint density at radius 3 is 2.66 bits per heavy atom. The second-order valence-corrected chi connectivity index (χ2v) is 6.52. The predicted octanol–water partition coefficient (Wildman–Crippen LogP) is 3.25. The molecule has 3 aromatic heterocycles. The van der Waals surface area contributed by atoms with E-state index < -0.39 is 11.7 Å². The third-order valence-corrected chi connectivity index (χ3v) is 4.35. The Morgan fingerprint density at radius 1 is 1.14 bits per heavy atom. The Balaban J connectivity index is 1.72. The standard InChI is InChI=1S/C20H18FN7O/c1-3-28-10-17(9-25-28)26-20(29)15-5-14(6-16(21)7-15)18-4-13(2)8-22-19(18)27-11-23-24-12-27/h4-12H,3H2,1-2H3,(H,26,29). The first kappa shape index (κ1) is 18.5. The Bertz CT molecular complexity index is 1170. The highest BCUT2D eigenvalue weighted by molar-refractivity contribution is 6.05. The number of hydrogen-bond acceptors (Lipinski definition) is 5. The zero-order chi connectivity index (χ0) is 20.4. The summed E-state index contributed by atoms with van der Waals surface area (Å²) < 4.78 is 17.7. The monoisotopic (exact) mass is 391 g/mol. The molecule has 0 radical (unpaired) electrons. The molecule has 0 aliphatic rings. The van der Waals surface area contributed by atoms with Crippen molar-refractivity contribution in [1.29, 1.82) is 0 Å². The summed E-state index contributed by atoms with van der Waals surface area (Å²) in [6, 6.07) is 6.08. The zero-order valence-corrected chi connectivity index (χ0v) is 15.9. The molecule has 0 aliphatic heterocycles. The number of pyridine rings is 1. The maximum atomic E-state index is 14.4. The number of amides is 1. The smallest absolute Gasteiger partial charge is 0.255 e. The number of aromatic nitrogens is 6. The third kappa shape index (κ3) is 3.88. The number of carbonyl (C=O) groups excluding carboxylic acids is 1. The molecule has 29 heavy (non-hydrogen) atoms. The maximum absolute atomic E-state index is 14.4. The summed E-state index contributed by atoms with van der Waals surface area (Å²) in [4.78, 5) is 17.1. The van der Waals surface area contributed by atoms with E-state index in [1.807, 2.05) is 19.9 Å². The van der Waals surface area contributed by atoms with E-state index in [2.05, 4.69) is 25.6 Å². The van der Waals surface area contributed by atoms with Crippen molar-refractivity contribution in [3.05, 3.63) is 72.5 Å². The van der Waals surface area contributed by atoms with Crippen LogP contribution in [-0.2, 0) is 6.54 Å². The van der Waals surface area contributed by atoms with E-state index in [0.29, 0.717) is 29.2 Å². The molecule has 146 valence electrons. The van der Waals surface area contributed by atoms with Crippen molar-refractivity contribution >= 4 is 11.6 Å². The minimum absolute atomic E-state index is 0.195. The van der Waals surface area contributed by atoms with Gasteiger partial charge in [-0.25, -0.2) is 9.37 Å². The molecule has 0 atom stereocenters. The van der Waals surface area contributed by atoms with E-state index >= 15 is 0 Å². The lowest BCUT2D eigenvalue weighted by atomic mass is 10.0. The first-order chi connectivity index (χ1) is 14.0. The average molecular weight is 391 g/mol. The fourth-order valence-electron chi connectivity index (χ4n) is 2.97. The lowest BCUT2D eigenvalue weighted by Crippen LogP contribution is -2.12. The van der Waals surface area contributed by atoms with Gasteiger partial charge in [0, 0.05) is 30.1 Å². The minimum atomic E-state index is -0.520. The number of anilines is 1. The SMILES string of the molecule is CCn1cc(NC(=O)c2cc(F)cc(-c3cc(C)cnc3-n3cnnc3)c2)cn1. The molecule has 0 saturated carbocycles. The van der Waals surface area contributed by atoms with Crippen molar-refractivity contribution < 1.29 is 9.18 Å². The van der Waals surface area contributed by atoms with Crippen LogP contribution in [0.2, 0.25) is 0 Å². The Hall–Kier alpha value is -3.88. The van der Waals surface area contributed by atoms with E-state index in [-0.39, 0.29) is 5.56 Å². The average Bonchev–Trinajstić information content (AvgIpc) is 3.39. The maximum Gasteiger partial charge on any atom is 0.255 e. The summed E-state index contributed by atoms with van der Waals surface area (Å²) in [5.74, 6) is -0.400. The highest BCUT2D eigenvalue weighted by Crippen LogP contribution is 2.28. The molecule has 8 nitrogen and oxygen atoms in total. The Kier molecular flexibility index (Phi) is 4.86. The largest absolute Gasteiger partial charge is 0.319 e. The van der Waals surface area contributed by atoms with E-state index in [1.165, 1.54) is 24.8 Å². The van der Waals surface area contributed by atoms with Crippen LogP contribution in [0.15, 0.2) is 55.5 Å².